The second kappa shape index (κ2) is 8.65. The van der Waals surface area contributed by atoms with Crippen LogP contribution in [-0.2, 0) is 12.8 Å². The Kier molecular flexibility index (Phi) is 6.30. The van der Waals surface area contributed by atoms with Gasteiger partial charge >= 0.3 is 0 Å². The largest absolute Gasteiger partial charge is 0.493 e. The number of rotatable bonds is 5. The molecule has 1 aromatic rings. The molecule has 2 aliphatic heterocycles. The molecule has 2 aliphatic rings. The van der Waals surface area contributed by atoms with Gasteiger partial charge in [-0.05, 0) is 37.0 Å². The Morgan fingerprint density at radius 3 is 3.17 bits per heavy atom. The molecule has 0 aliphatic carbocycles. The Morgan fingerprint density at radius 1 is 1.42 bits per heavy atom. The van der Waals surface area contributed by atoms with E-state index < -0.39 is 0 Å². The van der Waals surface area contributed by atoms with E-state index in [1.165, 1.54) is 23.3 Å². The van der Waals surface area contributed by atoms with Gasteiger partial charge in [-0.15, -0.1) is 0 Å². The van der Waals surface area contributed by atoms with Crippen LogP contribution in [0.15, 0.2) is 23.2 Å². The highest BCUT2D eigenvalue weighted by molar-refractivity contribution is 8.00. The molecule has 2 heterocycles. The van der Waals surface area contributed by atoms with Gasteiger partial charge in [0.1, 0.15) is 5.75 Å². The van der Waals surface area contributed by atoms with Gasteiger partial charge in [-0.2, -0.15) is 11.8 Å². The van der Waals surface area contributed by atoms with Gasteiger partial charge in [-0.25, -0.2) is 0 Å². The number of hydrogen-bond acceptors (Lipinski definition) is 3. The van der Waals surface area contributed by atoms with E-state index in [1.54, 1.807) is 0 Å². The van der Waals surface area contributed by atoms with Crippen LogP contribution in [0.1, 0.15) is 31.4 Å². The van der Waals surface area contributed by atoms with E-state index >= 15 is 0 Å². The van der Waals surface area contributed by atoms with E-state index in [-0.39, 0.29) is 0 Å². The monoisotopic (exact) mass is 347 g/mol. The summed E-state index contributed by atoms with van der Waals surface area (Å²) in [5.41, 5.74) is 2.71. The van der Waals surface area contributed by atoms with Crippen molar-refractivity contribution in [3.05, 3.63) is 29.3 Å². The first kappa shape index (κ1) is 17.5. The first-order valence-electron chi connectivity index (χ1n) is 9.19. The van der Waals surface area contributed by atoms with Crippen molar-refractivity contribution in [2.24, 2.45) is 4.99 Å². The standard InChI is InChI=1S/C19H29N3OS/c1-3-17-14-22(10-12-24-17)19(20-4-2)21-9-7-15-5-6-18-16(13-15)8-11-23-18/h5-6,13,17H,3-4,7-12,14H2,1-2H3,(H,20,21). The highest BCUT2D eigenvalue weighted by atomic mass is 32.2. The molecule has 0 spiro atoms. The number of benzene rings is 1. The van der Waals surface area contributed by atoms with Crippen molar-refractivity contribution >= 4 is 17.7 Å². The Morgan fingerprint density at radius 2 is 2.33 bits per heavy atom. The van der Waals surface area contributed by atoms with Crippen molar-refractivity contribution in [1.82, 2.24) is 10.2 Å². The molecule has 24 heavy (non-hydrogen) atoms. The average molecular weight is 348 g/mol. The van der Waals surface area contributed by atoms with Gasteiger partial charge < -0.3 is 15.0 Å². The zero-order valence-corrected chi connectivity index (χ0v) is 15.7. The van der Waals surface area contributed by atoms with Gasteiger partial charge in [0.15, 0.2) is 5.96 Å². The van der Waals surface area contributed by atoms with Gasteiger partial charge in [0.2, 0.25) is 0 Å². The highest BCUT2D eigenvalue weighted by Gasteiger charge is 2.21. The lowest BCUT2D eigenvalue weighted by molar-refractivity contribution is 0.357. The van der Waals surface area contributed by atoms with Crippen LogP contribution in [0.2, 0.25) is 0 Å². The third-order valence-corrected chi connectivity index (χ3v) is 6.02. The highest BCUT2D eigenvalue weighted by Crippen LogP contribution is 2.26. The molecule has 132 valence electrons. The summed E-state index contributed by atoms with van der Waals surface area (Å²) in [5.74, 6) is 3.35. The summed E-state index contributed by atoms with van der Waals surface area (Å²) in [6, 6.07) is 6.58. The number of nitrogens with one attached hydrogen (secondary N) is 1. The van der Waals surface area contributed by atoms with Gasteiger partial charge in [0.25, 0.3) is 0 Å². The SMILES string of the molecule is CCNC(=NCCc1ccc2c(c1)CCO2)N1CCSC(CC)C1. The number of nitrogens with zero attached hydrogens (tertiary/aromatic N) is 2. The number of hydrogen-bond donors (Lipinski definition) is 1. The van der Waals surface area contributed by atoms with Crippen LogP contribution in [0.5, 0.6) is 5.75 Å². The summed E-state index contributed by atoms with van der Waals surface area (Å²) in [6.45, 7) is 9.23. The summed E-state index contributed by atoms with van der Waals surface area (Å²) in [4.78, 5) is 7.32. The topological polar surface area (TPSA) is 36.9 Å². The van der Waals surface area contributed by atoms with E-state index in [4.69, 9.17) is 9.73 Å². The van der Waals surface area contributed by atoms with E-state index in [9.17, 15) is 0 Å². The smallest absolute Gasteiger partial charge is 0.193 e. The molecule has 0 radical (unpaired) electrons. The van der Waals surface area contributed by atoms with Crippen LogP contribution in [-0.4, -0.2) is 54.6 Å². The summed E-state index contributed by atoms with van der Waals surface area (Å²) in [5, 5.41) is 4.21. The lowest BCUT2D eigenvalue weighted by atomic mass is 10.1. The zero-order chi connectivity index (χ0) is 16.8. The number of aliphatic imine (C=N–C) groups is 1. The van der Waals surface area contributed by atoms with Crippen LogP contribution in [0, 0.1) is 0 Å². The molecule has 1 unspecified atom stereocenters. The Bertz CT molecular complexity index is 576. The van der Waals surface area contributed by atoms with Crippen LogP contribution in [0.4, 0.5) is 0 Å². The molecule has 1 aromatic carbocycles. The summed E-state index contributed by atoms with van der Waals surface area (Å²) < 4.78 is 5.58. The van der Waals surface area contributed by atoms with Gasteiger partial charge in [0.05, 0.1) is 6.61 Å². The van der Waals surface area contributed by atoms with Crippen molar-refractivity contribution in [2.75, 3.05) is 38.5 Å². The van der Waals surface area contributed by atoms with Crippen LogP contribution in [0.25, 0.3) is 0 Å². The number of ether oxygens (including phenoxy) is 1. The molecule has 0 bridgehead atoms. The van der Waals surface area contributed by atoms with Crippen molar-refractivity contribution in [1.29, 1.82) is 0 Å². The van der Waals surface area contributed by atoms with E-state index in [0.29, 0.717) is 0 Å². The van der Waals surface area contributed by atoms with Crippen molar-refractivity contribution in [3.63, 3.8) is 0 Å². The Hall–Kier alpha value is -1.36. The predicted octanol–water partition coefficient (Wildman–Crippen LogP) is 2.96. The second-order valence-electron chi connectivity index (χ2n) is 6.37. The molecule has 3 rings (SSSR count). The minimum atomic E-state index is 0.735. The Labute approximate surface area is 150 Å². The molecule has 1 atom stereocenters. The fraction of sp³-hybridized carbons (Fsp3) is 0.632. The maximum absolute atomic E-state index is 5.58. The lowest BCUT2D eigenvalue weighted by Gasteiger charge is -2.34. The molecule has 4 nitrogen and oxygen atoms in total. The lowest BCUT2D eigenvalue weighted by Crippen LogP contribution is -2.48. The number of thioether (sulfide) groups is 1. The minimum Gasteiger partial charge on any atom is -0.493 e. The Balaban J connectivity index is 1.59. The summed E-state index contributed by atoms with van der Waals surface area (Å²) in [7, 11) is 0. The summed E-state index contributed by atoms with van der Waals surface area (Å²) >= 11 is 2.10. The fourth-order valence-corrected chi connectivity index (χ4v) is 4.45. The van der Waals surface area contributed by atoms with Crippen molar-refractivity contribution in [2.45, 2.75) is 38.4 Å². The molecule has 5 heteroatoms. The molecular weight excluding hydrogens is 318 g/mol. The fourth-order valence-electron chi connectivity index (χ4n) is 3.27. The van der Waals surface area contributed by atoms with Crippen LogP contribution >= 0.6 is 11.8 Å². The third-order valence-electron chi connectivity index (χ3n) is 4.64. The molecule has 1 N–H and O–H groups in total. The number of guanidine groups is 1. The number of fused-ring (bicyclic) bond motifs is 1. The quantitative estimate of drug-likeness (QED) is 0.656. The first-order chi connectivity index (χ1) is 11.8. The van der Waals surface area contributed by atoms with Gasteiger partial charge in [0, 0.05) is 43.6 Å². The van der Waals surface area contributed by atoms with Crippen LogP contribution in [0.3, 0.4) is 0 Å². The van der Waals surface area contributed by atoms with E-state index in [0.717, 1.165) is 62.6 Å². The maximum atomic E-state index is 5.58. The predicted molar refractivity (Wildman–Crippen MR) is 103 cm³/mol. The second-order valence-corrected chi connectivity index (χ2v) is 7.78. The summed E-state index contributed by atoms with van der Waals surface area (Å²) in [6.07, 6.45) is 3.26. The molecule has 1 saturated heterocycles. The normalized spacial score (nSPS) is 20.7. The zero-order valence-electron chi connectivity index (χ0n) is 14.9. The van der Waals surface area contributed by atoms with Crippen molar-refractivity contribution in [3.8, 4) is 5.75 Å². The average Bonchev–Trinajstić information content (AvgIpc) is 3.09. The van der Waals surface area contributed by atoms with E-state index in [1.807, 2.05) is 0 Å². The molecule has 0 amide bonds. The van der Waals surface area contributed by atoms with Crippen molar-refractivity contribution < 1.29 is 4.74 Å². The maximum Gasteiger partial charge on any atom is 0.193 e. The van der Waals surface area contributed by atoms with E-state index in [2.05, 4.69) is 54.0 Å². The van der Waals surface area contributed by atoms with Gasteiger partial charge in [-0.3, -0.25) is 4.99 Å². The van der Waals surface area contributed by atoms with Crippen LogP contribution < -0.4 is 10.1 Å². The minimum absolute atomic E-state index is 0.735. The molecule has 0 aromatic heterocycles. The third kappa shape index (κ3) is 4.38. The molecule has 0 saturated carbocycles. The molecular formula is C19H29N3OS. The molecule has 1 fully saturated rings. The first-order valence-corrected chi connectivity index (χ1v) is 10.2. The van der Waals surface area contributed by atoms with Gasteiger partial charge in [-0.1, -0.05) is 19.1 Å².